The monoisotopic (exact) mass is 254 g/mol. The van der Waals surface area contributed by atoms with E-state index in [0.29, 0.717) is 0 Å². The SMILES string of the molecule is CCc1nc2ccn(C)c2cc1-c1c(C)n[nH]c1C. The molecule has 0 aliphatic carbocycles. The topological polar surface area (TPSA) is 46.5 Å². The predicted octanol–water partition coefficient (Wildman–Crippen LogP) is 3.14. The molecule has 0 saturated heterocycles. The van der Waals surface area contributed by atoms with Crippen molar-refractivity contribution < 1.29 is 0 Å². The molecule has 0 aliphatic rings. The molecule has 0 amide bonds. The van der Waals surface area contributed by atoms with E-state index in [0.717, 1.165) is 34.5 Å². The summed E-state index contributed by atoms with van der Waals surface area (Å²) in [7, 11) is 2.05. The van der Waals surface area contributed by atoms with Crippen molar-refractivity contribution in [2.75, 3.05) is 0 Å². The number of nitrogens with one attached hydrogen (secondary N) is 1. The maximum atomic E-state index is 4.79. The summed E-state index contributed by atoms with van der Waals surface area (Å²) in [5.41, 5.74) is 7.86. The maximum absolute atomic E-state index is 4.79. The molecule has 0 saturated carbocycles. The van der Waals surface area contributed by atoms with Crippen molar-refractivity contribution in [2.45, 2.75) is 27.2 Å². The molecular formula is C15H18N4. The first-order valence-electron chi connectivity index (χ1n) is 6.58. The number of nitrogens with zero attached hydrogens (tertiary/aromatic N) is 3. The van der Waals surface area contributed by atoms with Crippen LogP contribution < -0.4 is 0 Å². The molecule has 4 heteroatoms. The van der Waals surface area contributed by atoms with E-state index in [1.165, 1.54) is 11.1 Å². The van der Waals surface area contributed by atoms with Gasteiger partial charge in [0.05, 0.1) is 16.7 Å². The Labute approximate surface area is 112 Å². The van der Waals surface area contributed by atoms with Gasteiger partial charge in [-0.1, -0.05) is 6.92 Å². The van der Waals surface area contributed by atoms with Gasteiger partial charge in [-0.2, -0.15) is 5.10 Å². The molecule has 0 spiro atoms. The van der Waals surface area contributed by atoms with E-state index in [9.17, 15) is 0 Å². The van der Waals surface area contributed by atoms with Gasteiger partial charge in [-0.25, -0.2) is 0 Å². The van der Waals surface area contributed by atoms with Gasteiger partial charge >= 0.3 is 0 Å². The number of pyridine rings is 1. The Hall–Kier alpha value is -2.10. The molecule has 0 radical (unpaired) electrons. The largest absolute Gasteiger partial charge is 0.349 e. The molecule has 0 atom stereocenters. The summed E-state index contributed by atoms with van der Waals surface area (Å²) < 4.78 is 2.11. The van der Waals surface area contributed by atoms with Gasteiger partial charge in [-0.05, 0) is 32.4 Å². The van der Waals surface area contributed by atoms with Crippen molar-refractivity contribution in [1.29, 1.82) is 0 Å². The summed E-state index contributed by atoms with van der Waals surface area (Å²) in [4.78, 5) is 4.79. The van der Waals surface area contributed by atoms with Crippen LogP contribution in [-0.4, -0.2) is 19.7 Å². The predicted molar refractivity (Wildman–Crippen MR) is 77.1 cm³/mol. The number of rotatable bonds is 2. The molecule has 98 valence electrons. The zero-order chi connectivity index (χ0) is 13.6. The second-order valence-corrected chi connectivity index (χ2v) is 4.98. The third kappa shape index (κ3) is 1.75. The average Bonchev–Trinajstić information content (AvgIpc) is 2.92. The number of aryl methyl sites for hydroxylation is 4. The van der Waals surface area contributed by atoms with Crippen LogP contribution in [0.1, 0.15) is 24.0 Å². The second kappa shape index (κ2) is 4.23. The number of aromatic nitrogens is 4. The van der Waals surface area contributed by atoms with E-state index in [2.05, 4.69) is 54.0 Å². The van der Waals surface area contributed by atoms with E-state index >= 15 is 0 Å². The van der Waals surface area contributed by atoms with Crippen LogP contribution in [-0.2, 0) is 13.5 Å². The fourth-order valence-corrected chi connectivity index (χ4v) is 2.66. The van der Waals surface area contributed by atoms with Gasteiger partial charge in [0, 0.05) is 35.8 Å². The highest BCUT2D eigenvalue weighted by Crippen LogP contribution is 2.30. The summed E-state index contributed by atoms with van der Waals surface area (Å²) in [6.45, 7) is 6.24. The van der Waals surface area contributed by atoms with Crippen LogP contribution in [0.5, 0.6) is 0 Å². The van der Waals surface area contributed by atoms with Gasteiger partial charge in [-0.3, -0.25) is 10.1 Å². The zero-order valence-electron chi connectivity index (χ0n) is 11.8. The van der Waals surface area contributed by atoms with Crippen molar-refractivity contribution in [2.24, 2.45) is 7.05 Å². The number of aromatic amines is 1. The maximum Gasteiger partial charge on any atom is 0.0884 e. The molecule has 0 fully saturated rings. The minimum atomic E-state index is 0.921. The lowest BCUT2D eigenvalue weighted by Gasteiger charge is -2.09. The van der Waals surface area contributed by atoms with E-state index in [4.69, 9.17) is 4.98 Å². The highest BCUT2D eigenvalue weighted by molar-refractivity contribution is 5.84. The Balaban J connectivity index is 2.35. The van der Waals surface area contributed by atoms with Crippen LogP contribution in [0, 0.1) is 13.8 Å². The smallest absolute Gasteiger partial charge is 0.0884 e. The molecule has 1 N–H and O–H groups in total. The van der Waals surface area contributed by atoms with Crippen molar-refractivity contribution in [3.05, 3.63) is 35.4 Å². The summed E-state index contributed by atoms with van der Waals surface area (Å²) in [5.74, 6) is 0. The van der Waals surface area contributed by atoms with Crippen LogP contribution in [0.25, 0.3) is 22.2 Å². The molecule has 0 bridgehead atoms. The average molecular weight is 254 g/mol. The molecule has 3 heterocycles. The van der Waals surface area contributed by atoms with Gasteiger partial charge in [0.1, 0.15) is 0 Å². The molecule has 0 unspecified atom stereocenters. The minimum Gasteiger partial charge on any atom is -0.349 e. The first-order valence-corrected chi connectivity index (χ1v) is 6.58. The van der Waals surface area contributed by atoms with Crippen molar-refractivity contribution in [3.8, 4) is 11.1 Å². The summed E-state index contributed by atoms with van der Waals surface area (Å²) in [6.07, 6.45) is 2.97. The van der Waals surface area contributed by atoms with Crippen molar-refractivity contribution in [3.63, 3.8) is 0 Å². The lowest BCUT2D eigenvalue weighted by atomic mass is 10.0. The second-order valence-electron chi connectivity index (χ2n) is 4.98. The van der Waals surface area contributed by atoms with Crippen LogP contribution in [0.2, 0.25) is 0 Å². The Morgan fingerprint density at radius 1 is 1.32 bits per heavy atom. The molecule has 0 aliphatic heterocycles. The van der Waals surface area contributed by atoms with E-state index in [1.54, 1.807) is 0 Å². The van der Waals surface area contributed by atoms with Gasteiger partial charge in [0.25, 0.3) is 0 Å². The Morgan fingerprint density at radius 2 is 2.11 bits per heavy atom. The number of hydrogen-bond donors (Lipinski definition) is 1. The molecule has 3 aromatic rings. The van der Waals surface area contributed by atoms with Gasteiger partial charge in [0.2, 0.25) is 0 Å². The Bertz CT molecular complexity index is 729. The van der Waals surface area contributed by atoms with E-state index in [1.807, 2.05) is 6.92 Å². The van der Waals surface area contributed by atoms with E-state index < -0.39 is 0 Å². The first kappa shape index (κ1) is 12.0. The first-order chi connectivity index (χ1) is 9.11. The van der Waals surface area contributed by atoms with Crippen LogP contribution in [0.3, 0.4) is 0 Å². The summed E-state index contributed by atoms with van der Waals surface area (Å²) in [6, 6.07) is 4.29. The van der Waals surface area contributed by atoms with Crippen molar-refractivity contribution >= 4 is 11.0 Å². The van der Waals surface area contributed by atoms with Crippen molar-refractivity contribution in [1.82, 2.24) is 19.7 Å². The summed E-state index contributed by atoms with van der Waals surface area (Å²) >= 11 is 0. The lowest BCUT2D eigenvalue weighted by Crippen LogP contribution is -1.96. The van der Waals surface area contributed by atoms with Crippen LogP contribution in [0.15, 0.2) is 18.3 Å². The molecule has 0 aromatic carbocycles. The number of hydrogen-bond acceptors (Lipinski definition) is 2. The fraction of sp³-hybridized carbons (Fsp3) is 0.333. The highest BCUT2D eigenvalue weighted by Gasteiger charge is 2.15. The normalized spacial score (nSPS) is 11.4. The third-order valence-corrected chi connectivity index (χ3v) is 3.68. The standard InChI is InChI=1S/C15H18N4/c1-5-12-11(15-9(2)17-18-10(15)3)8-14-13(16-12)6-7-19(14)4/h6-8H,5H2,1-4H3,(H,17,18). The summed E-state index contributed by atoms with van der Waals surface area (Å²) in [5, 5.41) is 7.36. The third-order valence-electron chi connectivity index (χ3n) is 3.68. The molecule has 3 rings (SSSR count). The number of H-pyrrole nitrogens is 1. The van der Waals surface area contributed by atoms with Crippen LogP contribution >= 0.6 is 0 Å². The van der Waals surface area contributed by atoms with Gasteiger partial charge < -0.3 is 4.57 Å². The minimum absolute atomic E-state index is 0.921. The quantitative estimate of drug-likeness (QED) is 0.763. The Kier molecular flexibility index (Phi) is 2.66. The Morgan fingerprint density at radius 3 is 2.74 bits per heavy atom. The van der Waals surface area contributed by atoms with Crippen LogP contribution in [0.4, 0.5) is 0 Å². The lowest BCUT2D eigenvalue weighted by molar-refractivity contribution is 0.965. The molecular weight excluding hydrogens is 236 g/mol. The fourth-order valence-electron chi connectivity index (χ4n) is 2.66. The number of fused-ring (bicyclic) bond motifs is 1. The zero-order valence-corrected chi connectivity index (χ0v) is 11.8. The molecule has 3 aromatic heterocycles. The molecule has 19 heavy (non-hydrogen) atoms. The highest BCUT2D eigenvalue weighted by atomic mass is 15.1. The van der Waals surface area contributed by atoms with E-state index in [-0.39, 0.29) is 0 Å². The molecule has 4 nitrogen and oxygen atoms in total. The van der Waals surface area contributed by atoms with Gasteiger partial charge in [0.15, 0.2) is 0 Å². The van der Waals surface area contributed by atoms with Gasteiger partial charge in [-0.15, -0.1) is 0 Å².